The van der Waals surface area contributed by atoms with Gasteiger partial charge in [0.1, 0.15) is 5.75 Å². The third-order valence-electron chi connectivity index (χ3n) is 2.46. The highest BCUT2D eigenvalue weighted by molar-refractivity contribution is 14.1. The summed E-state index contributed by atoms with van der Waals surface area (Å²) in [4.78, 5) is 16.3. The van der Waals surface area contributed by atoms with Crippen molar-refractivity contribution in [1.29, 1.82) is 0 Å². The van der Waals surface area contributed by atoms with Crippen molar-refractivity contribution >= 4 is 28.4 Å². The third-order valence-corrected chi connectivity index (χ3v) is 3.58. The first-order valence-electron chi connectivity index (χ1n) is 5.59. The van der Waals surface area contributed by atoms with Gasteiger partial charge in [-0.3, -0.25) is 9.78 Å². The molecule has 0 N–H and O–H groups in total. The Balaban J connectivity index is 2.32. The average Bonchev–Trinajstić information content (AvgIpc) is 2.46. The van der Waals surface area contributed by atoms with Crippen LogP contribution in [0.5, 0.6) is 5.75 Å². The number of benzene rings is 1. The number of ether oxygens (including phenoxy) is 2. The van der Waals surface area contributed by atoms with E-state index in [-0.39, 0.29) is 12.6 Å². The van der Waals surface area contributed by atoms with Crippen molar-refractivity contribution in [3.8, 4) is 5.75 Å². The summed E-state index contributed by atoms with van der Waals surface area (Å²) in [6.07, 6.45) is 3.20. The number of methoxy groups -OCH3 is 1. The summed E-state index contributed by atoms with van der Waals surface area (Å²) in [5.74, 6) is 0.567. The van der Waals surface area contributed by atoms with E-state index in [4.69, 9.17) is 9.47 Å². The van der Waals surface area contributed by atoms with Gasteiger partial charge in [0.2, 0.25) is 0 Å². The van der Waals surface area contributed by atoms with E-state index in [0.29, 0.717) is 16.9 Å². The van der Waals surface area contributed by atoms with Crippen molar-refractivity contribution < 1.29 is 14.3 Å². The Labute approximate surface area is 124 Å². The van der Waals surface area contributed by atoms with Gasteiger partial charge in [0.25, 0.3) is 0 Å². The van der Waals surface area contributed by atoms with Crippen molar-refractivity contribution in [1.82, 2.24) is 4.98 Å². The zero-order valence-electron chi connectivity index (χ0n) is 10.3. The maximum Gasteiger partial charge on any atom is 0.195 e. The van der Waals surface area contributed by atoms with Crippen LogP contribution in [0.2, 0.25) is 0 Å². The molecule has 98 valence electrons. The summed E-state index contributed by atoms with van der Waals surface area (Å²) in [6, 6.07) is 8.85. The van der Waals surface area contributed by atoms with Crippen LogP contribution in [0.15, 0.2) is 42.7 Å². The standard InChI is InChI=1S/C14H12INO3/c1-18-9-19-12-6-2-5-11(13(12)15)14(17)10-4-3-7-16-8-10/h2-8H,9H2,1H3. The maximum absolute atomic E-state index is 12.4. The summed E-state index contributed by atoms with van der Waals surface area (Å²) in [6.45, 7) is 0.153. The van der Waals surface area contributed by atoms with Gasteiger partial charge in [-0.1, -0.05) is 6.07 Å². The molecule has 0 fully saturated rings. The number of carbonyl (C=O) groups is 1. The van der Waals surface area contributed by atoms with E-state index >= 15 is 0 Å². The fraction of sp³-hybridized carbons (Fsp3) is 0.143. The number of ketones is 1. The molecular weight excluding hydrogens is 357 g/mol. The minimum Gasteiger partial charge on any atom is -0.466 e. The van der Waals surface area contributed by atoms with Gasteiger partial charge in [0.15, 0.2) is 12.6 Å². The number of rotatable bonds is 5. The number of hydrogen-bond donors (Lipinski definition) is 0. The van der Waals surface area contributed by atoms with E-state index < -0.39 is 0 Å². The third kappa shape index (κ3) is 3.30. The molecule has 2 rings (SSSR count). The molecule has 0 aliphatic rings. The molecular formula is C14H12INO3. The molecule has 4 nitrogen and oxygen atoms in total. The van der Waals surface area contributed by atoms with Crippen LogP contribution in [0.1, 0.15) is 15.9 Å². The number of pyridine rings is 1. The second-order valence-corrected chi connectivity index (χ2v) is 4.82. The number of halogens is 1. The fourth-order valence-electron chi connectivity index (χ4n) is 1.57. The van der Waals surface area contributed by atoms with Crippen LogP contribution in [0.3, 0.4) is 0 Å². The van der Waals surface area contributed by atoms with Crippen LogP contribution >= 0.6 is 22.6 Å². The lowest BCUT2D eigenvalue weighted by molar-refractivity contribution is 0.0504. The maximum atomic E-state index is 12.4. The van der Waals surface area contributed by atoms with Crippen LogP contribution in [-0.2, 0) is 4.74 Å². The Morgan fingerprint density at radius 3 is 2.84 bits per heavy atom. The lowest BCUT2D eigenvalue weighted by Gasteiger charge is -2.10. The summed E-state index contributed by atoms with van der Waals surface area (Å²) >= 11 is 2.10. The van der Waals surface area contributed by atoms with Gasteiger partial charge in [-0.15, -0.1) is 0 Å². The van der Waals surface area contributed by atoms with Crippen LogP contribution < -0.4 is 4.74 Å². The molecule has 0 aliphatic carbocycles. The molecule has 1 heterocycles. The topological polar surface area (TPSA) is 48.4 Å². The second-order valence-electron chi connectivity index (χ2n) is 3.74. The zero-order chi connectivity index (χ0) is 13.7. The van der Waals surface area contributed by atoms with E-state index in [2.05, 4.69) is 27.6 Å². The fourth-order valence-corrected chi connectivity index (χ4v) is 2.33. The van der Waals surface area contributed by atoms with Crippen LogP contribution in [-0.4, -0.2) is 24.7 Å². The molecule has 0 amide bonds. The molecule has 2 aromatic rings. The SMILES string of the molecule is COCOc1cccc(C(=O)c2cccnc2)c1I. The van der Waals surface area contributed by atoms with E-state index in [1.54, 1.807) is 49.8 Å². The Hall–Kier alpha value is -1.47. The van der Waals surface area contributed by atoms with Gasteiger partial charge >= 0.3 is 0 Å². The van der Waals surface area contributed by atoms with Crippen molar-refractivity contribution in [3.63, 3.8) is 0 Å². The lowest BCUT2D eigenvalue weighted by atomic mass is 10.1. The molecule has 0 saturated carbocycles. The molecule has 0 spiro atoms. The minimum absolute atomic E-state index is 0.0691. The summed E-state index contributed by atoms with van der Waals surface area (Å²) in [5.41, 5.74) is 1.16. The quantitative estimate of drug-likeness (QED) is 0.462. The molecule has 0 saturated heterocycles. The molecule has 0 aliphatic heterocycles. The number of aromatic nitrogens is 1. The summed E-state index contributed by atoms with van der Waals surface area (Å²) < 4.78 is 11.0. The first-order valence-corrected chi connectivity index (χ1v) is 6.67. The predicted molar refractivity (Wildman–Crippen MR) is 79.3 cm³/mol. The molecule has 5 heteroatoms. The highest BCUT2D eigenvalue weighted by Crippen LogP contribution is 2.26. The van der Waals surface area contributed by atoms with Crippen molar-refractivity contribution in [3.05, 3.63) is 57.4 Å². The summed E-state index contributed by atoms with van der Waals surface area (Å²) in [7, 11) is 1.55. The highest BCUT2D eigenvalue weighted by Gasteiger charge is 2.15. The molecule has 1 aromatic carbocycles. The van der Waals surface area contributed by atoms with E-state index in [1.165, 1.54) is 0 Å². The van der Waals surface area contributed by atoms with Crippen LogP contribution in [0.4, 0.5) is 0 Å². The van der Waals surface area contributed by atoms with Gasteiger partial charge in [0, 0.05) is 30.6 Å². The van der Waals surface area contributed by atoms with E-state index in [1.807, 2.05) is 0 Å². The molecule has 0 bridgehead atoms. The minimum atomic E-state index is -0.0691. The first kappa shape index (κ1) is 14.0. The highest BCUT2D eigenvalue weighted by atomic mass is 127. The Kier molecular flexibility index (Phi) is 4.86. The zero-order valence-corrected chi connectivity index (χ0v) is 12.5. The molecule has 0 atom stereocenters. The smallest absolute Gasteiger partial charge is 0.195 e. The molecule has 1 aromatic heterocycles. The largest absolute Gasteiger partial charge is 0.466 e. The van der Waals surface area contributed by atoms with Crippen molar-refractivity contribution in [2.45, 2.75) is 0 Å². The van der Waals surface area contributed by atoms with E-state index in [9.17, 15) is 4.79 Å². The van der Waals surface area contributed by atoms with Gasteiger partial charge in [0.05, 0.1) is 3.57 Å². The van der Waals surface area contributed by atoms with Gasteiger partial charge in [-0.2, -0.15) is 0 Å². The molecule has 0 unspecified atom stereocenters. The van der Waals surface area contributed by atoms with Crippen LogP contribution in [0, 0.1) is 3.57 Å². The Bertz CT molecular complexity index is 572. The van der Waals surface area contributed by atoms with Crippen LogP contribution in [0.25, 0.3) is 0 Å². The predicted octanol–water partition coefficient (Wildman–Crippen LogP) is 2.90. The number of carbonyl (C=O) groups excluding carboxylic acids is 1. The Morgan fingerprint density at radius 2 is 2.16 bits per heavy atom. The van der Waals surface area contributed by atoms with Crippen molar-refractivity contribution in [2.75, 3.05) is 13.9 Å². The molecule has 0 radical (unpaired) electrons. The summed E-state index contributed by atoms with van der Waals surface area (Å²) in [5, 5.41) is 0. The second kappa shape index (κ2) is 6.63. The monoisotopic (exact) mass is 369 g/mol. The lowest BCUT2D eigenvalue weighted by Crippen LogP contribution is -2.07. The van der Waals surface area contributed by atoms with Gasteiger partial charge in [-0.25, -0.2) is 0 Å². The molecule has 19 heavy (non-hydrogen) atoms. The Morgan fingerprint density at radius 1 is 1.32 bits per heavy atom. The number of nitrogens with zero attached hydrogens (tertiary/aromatic N) is 1. The van der Waals surface area contributed by atoms with Gasteiger partial charge in [-0.05, 0) is 46.9 Å². The van der Waals surface area contributed by atoms with Crippen molar-refractivity contribution in [2.24, 2.45) is 0 Å². The van der Waals surface area contributed by atoms with Gasteiger partial charge < -0.3 is 9.47 Å². The van der Waals surface area contributed by atoms with E-state index in [0.717, 1.165) is 3.57 Å². The normalized spacial score (nSPS) is 10.2. The average molecular weight is 369 g/mol. The first-order chi connectivity index (χ1) is 9.24. The number of hydrogen-bond acceptors (Lipinski definition) is 4.